The number of nitro benzene ring substituents is 1. The smallest absolute Gasteiger partial charge is 0.269 e. The summed E-state index contributed by atoms with van der Waals surface area (Å²) in [5.74, 6) is 0.772. The van der Waals surface area contributed by atoms with Gasteiger partial charge in [0.15, 0.2) is 4.87 Å². The molecule has 1 atom stereocenters. The SMILES string of the molecule is COc1ccc(C2=NNC3(C=Nc4ccc([N+](=O)[O-])cc43)S2)cc1. The van der Waals surface area contributed by atoms with E-state index in [0.717, 1.165) is 21.9 Å². The first-order chi connectivity index (χ1) is 11.6. The molecule has 2 heterocycles. The molecule has 2 aliphatic rings. The van der Waals surface area contributed by atoms with Crippen LogP contribution >= 0.6 is 11.8 Å². The Labute approximate surface area is 141 Å². The summed E-state index contributed by atoms with van der Waals surface area (Å²) in [5, 5.41) is 16.2. The molecule has 120 valence electrons. The Balaban J connectivity index is 1.65. The number of nitro groups is 1. The lowest BCUT2D eigenvalue weighted by Crippen LogP contribution is -2.32. The van der Waals surface area contributed by atoms with Gasteiger partial charge in [0.05, 0.1) is 17.7 Å². The zero-order valence-electron chi connectivity index (χ0n) is 12.6. The third-order valence-corrected chi connectivity index (χ3v) is 5.15. The number of hydrazone groups is 1. The lowest BCUT2D eigenvalue weighted by molar-refractivity contribution is -0.384. The van der Waals surface area contributed by atoms with Crippen LogP contribution in [0.1, 0.15) is 11.1 Å². The van der Waals surface area contributed by atoms with Crippen LogP contribution < -0.4 is 10.2 Å². The fourth-order valence-electron chi connectivity index (χ4n) is 2.64. The first-order valence-corrected chi connectivity index (χ1v) is 7.95. The van der Waals surface area contributed by atoms with E-state index in [2.05, 4.69) is 15.5 Å². The first kappa shape index (κ1) is 14.7. The lowest BCUT2D eigenvalue weighted by Gasteiger charge is -2.19. The van der Waals surface area contributed by atoms with Gasteiger partial charge in [-0.25, -0.2) is 0 Å². The molecule has 2 aromatic rings. The van der Waals surface area contributed by atoms with Gasteiger partial charge in [-0.2, -0.15) is 5.10 Å². The number of ether oxygens (including phenoxy) is 1. The van der Waals surface area contributed by atoms with Gasteiger partial charge in [0.2, 0.25) is 0 Å². The van der Waals surface area contributed by atoms with Gasteiger partial charge >= 0.3 is 0 Å². The number of non-ortho nitro benzene ring substituents is 1. The summed E-state index contributed by atoms with van der Waals surface area (Å²) in [5.41, 5.74) is 5.52. The quantitative estimate of drug-likeness (QED) is 0.685. The van der Waals surface area contributed by atoms with Crippen LogP contribution in [0.15, 0.2) is 52.6 Å². The number of thioether (sulfide) groups is 1. The average molecular weight is 340 g/mol. The van der Waals surface area contributed by atoms with Crippen molar-refractivity contribution in [3.63, 3.8) is 0 Å². The van der Waals surface area contributed by atoms with E-state index in [9.17, 15) is 10.1 Å². The summed E-state index contributed by atoms with van der Waals surface area (Å²) in [4.78, 5) is 14.3. The Morgan fingerprint density at radius 3 is 2.75 bits per heavy atom. The topological polar surface area (TPSA) is 89.1 Å². The highest BCUT2D eigenvalue weighted by Gasteiger charge is 2.43. The summed E-state index contributed by atoms with van der Waals surface area (Å²) in [7, 11) is 1.62. The second kappa shape index (κ2) is 5.34. The zero-order chi connectivity index (χ0) is 16.7. The van der Waals surface area contributed by atoms with Crippen LogP contribution in [0, 0.1) is 10.1 Å². The van der Waals surface area contributed by atoms with E-state index in [0.29, 0.717) is 5.69 Å². The van der Waals surface area contributed by atoms with Crippen molar-refractivity contribution < 1.29 is 9.66 Å². The van der Waals surface area contributed by atoms with Crippen molar-refractivity contribution in [2.45, 2.75) is 4.87 Å². The Morgan fingerprint density at radius 2 is 2.04 bits per heavy atom. The zero-order valence-corrected chi connectivity index (χ0v) is 13.4. The molecule has 8 heteroatoms. The molecule has 2 aliphatic heterocycles. The van der Waals surface area contributed by atoms with Crippen molar-refractivity contribution in [2.24, 2.45) is 10.1 Å². The van der Waals surface area contributed by atoms with Crippen LogP contribution in [0.25, 0.3) is 0 Å². The molecule has 0 fully saturated rings. The molecule has 0 amide bonds. The van der Waals surface area contributed by atoms with E-state index in [1.54, 1.807) is 25.5 Å². The largest absolute Gasteiger partial charge is 0.497 e. The van der Waals surface area contributed by atoms with Gasteiger partial charge < -0.3 is 4.74 Å². The van der Waals surface area contributed by atoms with Crippen LogP contribution in [0.5, 0.6) is 5.75 Å². The molecule has 1 N–H and O–H groups in total. The number of aliphatic imine (C=N–C) groups is 1. The molecule has 0 aliphatic carbocycles. The van der Waals surface area contributed by atoms with Gasteiger partial charge in [0.1, 0.15) is 10.8 Å². The van der Waals surface area contributed by atoms with E-state index >= 15 is 0 Å². The maximum atomic E-state index is 11.0. The van der Waals surface area contributed by atoms with E-state index in [-0.39, 0.29) is 5.69 Å². The third-order valence-electron chi connectivity index (χ3n) is 3.89. The first-order valence-electron chi connectivity index (χ1n) is 7.14. The van der Waals surface area contributed by atoms with Crippen LogP contribution in [0.2, 0.25) is 0 Å². The molecule has 0 saturated carbocycles. The van der Waals surface area contributed by atoms with Crippen molar-refractivity contribution in [3.8, 4) is 5.75 Å². The molecule has 0 radical (unpaired) electrons. The molecular weight excluding hydrogens is 328 g/mol. The minimum absolute atomic E-state index is 0.0407. The highest BCUT2D eigenvalue weighted by Crippen LogP contribution is 2.47. The highest BCUT2D eigenvalue weighted by molar-refractivity contribution is 8.16. The van der Waals surface area contributed by atoms with Crippen LogP contribution in [0.4, 0.5) is 11.4 Å². The summed E-state index contributed by atoms with van der Waals surface area (Å²) in [6.45, 7) is 0. The van der Waals surface area contributed by atoms with Gasteiger partial charge in [-0.1, -0.05) is 11.8 Å². The number of nitrogens with one attached hydrogen (secondary N) is 1. The van der Waals surface area contributed by atoms with Gasteiger partial charge in [-0.15, -0.1) is 0 Å². The summed E-state index contributed by atoms with van der Waals surface area (Å²) in [6, 6.07) is 12.2. The Morgan fingerprint density at radius 1 is 1.25 bits per heavy atom. The number of benzene rings is 2. The molecule has 4 rings (SSSR count). The number of hydrogen-bond acceptors (Lipinski definition) is 7. The Bertz CT molecular complexity index is 895. The van der Waals surface area contributed by atoms with Gasteiger partial charge in [-0.05, 0) is 30.3 Å². The van der Waals surface area contributed by atoms with Gasteiger partial charge in [0.25, 0.3) is 5.69 Å². The standard InChI is InChI=1S/C16H12N4O3S/c1-23-12-5-2-10(3-6-12)15-18-19-16(24-15)9-17-14-7-4-11(20(21)22)8-13(14)16/h2-9,19H,1H3. The van der Waals surface area contributed by atoms with Crippen molar-refractivity contribution in [1.82, 2.24) is 5.43 Å². The normalized spacial score (nSPS) is 20.6. The van der Waals surface area contributed by atoms with Crippen molar-refractivity contribution in [3.05, 3.63) is 63.7 Å². The van der Waals surface area contributed by atoms with E-state index < -0.39 is 9.79 Å². The molecule has 0 saturated heterocycles. The Kier molecular flexibility index (Phi) is 3.27. The summed E-state index contributed by atoms with van der Waals surface area (Å²) in [6.07, 6.45) is 1.74. The molecule has 1 spiro atoms. The number of hydrogen-bond donors (Lipinski definition) is 1. The van der Waals surface area contributed by atoms with Crippen molar-refractivity contribution in [2.75, 3.05) is 7.11 Å². The monoisotopic (exact) mass is 340 g/mol. The molecule has 0 bridgehead atoms. The second-order valence-corrected chi connectivity index (χ2v) is 6.55. The Hall–Kier alpha value is -2.87. The van der Waals surface area contributed by atoms with Gasteiger partial charge in [0, 0.05) is 29.5 Å². The molecule has 7 nitrogen and oxygen atoms in total. The number of rotatable bonds is 3. The molecule has 0 aromatic heterocycles. The molecule has 2 aromatic carbocycles. The molecule has 1 unspecified atom stereocenters. The maximum Gasteiger partial charge on any atom is 0.269 e. The predicted octanol–water partition coefficient (Wildman–Crippen LogP) is 3.17. The van der Waals surface area contributed by atoms with E-state index in [1.807, 2.05) is 24.3 Å². The summed E-state index contributed by atoms with van der Waals surface area (Å²) >= 11 is 1.48. The fraction of sp³-hybridized carbons (Fsp3) is 0.125. The van der Waals surface area contributed by atoms with E-state index in [1.165, 1.54) is 17.8 Å². The van der Waals surface area contributed by atoms with Crippen LogP contribution in [0.3, 0.4) is 0 Å². The van der Waals surface area contributed by atoms with Gasteiger partial charge in [-0.3, -0.25) is 20.5 Å². The third kappa shape index (κ3) is 2.23. The average Bonchev–Trinajstić information content (AvgIpc) is 3.20. The number of fused-ring (bicyclic) bond motifs is 2. The highest BCUT2D eigenvalue weighted by atomic mass is 32.2. The van der Waals surface area contributed by atoms with Crippen molar-refractivity contribution in [1.29, 1.82) is 0 Å². The molecule has 24 heavy (non-hydrogen) atoms. The molecular formula is C16H12N4O3S. The van der Waals surface area contributed by atoms with Crippen LogP contribution in [-0.2, 0) is 4.87 Å². The fourth-order valence-corrected chi connectivity index (χ4v) is 3.76. The lowest BCUT2D eigenvalue weighted by atomic mass is 10.1. The second-order valence-electron chi connectivity index (χ2n) is 5.31. The number of nitrogens with zero attached hydrogens (tertiary/aromatic N) is 3. The minimum atomic E-state index is -0.698. The maximum absolute atomic E-state index is 11.0. The van der Waals surface area contributed by atoms with Crippen LogP contribution in [-0.4, -0.2) is 23.3 Å². The summed E-state index contributed by atoms with van der Waals surface area (Å²) < 4.78 is 5.16. The minimum Gasteiger partial charge on any atom is -0.497 e. The van der Waals surface area contributed by atoms with Crippen molar-refractivity contribution >= 4 is 34.4 Å². The van der Waals surface area contributed by atoms with E-state index in [4.69, 9.17) is 4.74 Å². The number of methoxy groups -OCH3 is 1. The predicted molar refractivity (Wildman–Crippen MR) is 93.2 cm³/mol.